The molecule has 1 saturated heterocycles. The Balaban J connectivity index is 1.86. The number of H-pyrrole nitrogens is 1. The number of amides is 1. The molecule has 18 heavy (non-hydrogen) atoms. The van der Waals surface area contributed by atoms with E-state index in [1.807, 2.05) is 23.1 Å². The van der Waals surface area contributed by atoms with E-state index in [-0.39, 0.29) is 11.9 Å². The molecule has 1 atom stereocenters. The summed E-state index contributed by atoms with van der Waals surface area (Å²) in [6.07, 6.45) is 3.62. The van der Waals surface area contributed by atoms with Crippen LogP contribution in [0.3, 0.4) is 0 Å². The summed E-state index contributed by atoms with van der Waals surface area (Å²) in [7, 11) is 0. The SMILES string of the molecule is NC1CCCN(C(=O)c2ccc3nc[nH]c3c2)C1. The van der Waals surface area contributed by atoms with Crippen LogP contribution in [0.2, 0.25) is 0 Å². The van der Waals surface area contributed by atoms with Crippen LogP contribution in [0.25, 0.3) is 11.0 Å². The van der Waals surface area contributed by atoms with Gasteiger partial charge in [0.25, 0.3) is 5.91 Å². The molecule has 0 spiro atoms. The van der Waals surface area contributed by atoms with Crippen LogP contribution in [-0.4, -0.2) is 39.9 Å². The predicted molar refractivity (Wildman–Crippen MR) is 69.2 cm³/mol. The second kappa shape index (κ2) is 4.42. The number of benzene rings is 1. The zero-order chi connectivity index (χ0) is 12.5. The van der Waals surface area contributed by atoms with Gasteiger partial charge in [0.1, 0.15) is 0 Å². The molecule has 94 valence electrons. The Morgan fingerprint density at radius 2 is 2.39 bits per heavy atom. The smallest absolute Gasteiger partial charge is 0.253 e. The summed E-state index contributed by atoms with van der Waals surface area (Å²) in [5.74, 6) is 0.0571. The number of likely N-dealkylation sites (tertiary alicyclic amines) is 1. The maximum absolute atomic E-state index is 12.3. The molecular formula is C13H16N4O. The normalized spacial score (nSPS) is 20.3. The van der Waals surface area contributed by atoms with E-state index >= 15 is 0 Å². The first kappa shape index (κ1) is 11.2. The van der Waals surface area contributed by atoms with E-state index in [9.17, 15) is 4.79 Å². The summed E-state index contributed by atoms with van der Waals surface area (Å²) in [6.45, 7) is 1.45. The molecule has 0 bridgehead atoms. The van der Waals surface area contributed by atoms with Crippen molar-refractivity contribution in [1.82, 2.24) is 14.9 Å². The van der Waals surface area contributed by atoms with Gasteiger partial charge in [-0.2, -0.15) is 0 Å². The lowest BCUT2D eigenvalue weighted by Crippen LogP contribution is -2.45. The highest BCUT2D eigenvalue weighted by atomic mass is 16.2. The topological polar surface area (TPSA) is 75.0 Å². The van der Waals surface area contributed by atoms with Crippen molar-refractivity contribution in [3.63, 3.8) is 0 Å². The first-order valence-electron chi connectivity index (χ1n) is 6.22. The zero-order valence-electron chi connectivity index (χ0n) is 10.1. The van der Waals surface area contributed by atoms with Gasteiger partial charge in [-0.25, -0.2) is 4.98 Å². The Labute approximate surface area is 105 Å². The van der Waals surface area contributed by atoms with Crippen molar-refractivity contribution in [2.24, 2.45) is 5.73 Å². The summed E-state index contributed by atoms with van der Waals surface area (Å²) < 4.78 is 0. The number of hydrogen-bond acceptors (Lipinski definition) is 3. The Morgan fingerprint density at radius 3 is 3.22 bits per heavy atom. The third-order valence-electron chi connectivity index (χ3n) is 3.41. The fourth-order valence-corrected chi connectivity index (χ4v) is 2.45. The molecular weight excluding hydrogens is 228 g/mol. The molecule has 0 saturated carbocycles. The summed E-state index contributed by atoms with van der Waals surface area (Å²) >= 11 is 0. The average Bonchev–Trinajstić information content (AvgIpc) is 2.85. The lowest BCUT2D eigenvalue weighted by Gasteiger charge is -2.30. The van der Waals surface area contributed by atoms with Crippen molar-refractivity contribution in [2.45, 2.75) is 18.9 Å². The molecule has 2 heterocycles. The molecule has 3 rings (SSSR count). The lowest BCUT2D eigenvalue weighted by molar-refractivity contribution is 0.0709. The largest absolute Gasteiger partial charge is 0.345 e. The van der Waals surface area contributed by atoms with Crippen LogP contribution in [0.1, 0.15) is 23.2 Å². The Bertz CT molecular complexity index is 577. The third-order valence-corrected chi connectivity index (χ3v) is 3.41. The number of aromatic amines is 1. The maximum Gasteiger partial charge on any atom is 0.253 e. The fraction of sp³-hybridized carbons (Fsp3) is 0.385. The number of fused-ring (bicyclic) bond motifs is 1. The molecule has 0 radical (unpaired) electrons. The van der Waals surface area contributed by atoms with Gasteiger partial charge in [0.2, 0.25) is 0 Å². The molecule has 2 aromatic rings. The average molecular weight is 244 g/mol. The summed E-state index contributed by atoms with van der Waals surface area (Å²) in [5, 5.41) is 0. The van der Waals surface area contributed by atoms with Gasteiger partial charge in [-0.3, -0.25) is 4.79 Å². The molecule has 1 fully saturated rings. The quantitative estimate of drug-likeness (QED) is 0.789. The van der Waals surface area contributed by atoms with E-state index in [0.29, 0.717) is 12.1 Å². The van der Waals surface area contributed by atoms with Gasteiger partial charge in [-0.1, -0.05) is 0 Å². The van der Waals surface area contributed by atoms with Gasteiger partial charge >= 0.3 is 0 Å². The zero-order valence-corrected chi connectivity index (χ0v) is 10.1. The number of rotatable bonds is 1. The number of piperidine rings is 1. The minimum atomic E-state index is 0.0571. The molecule has 0 aliphatic carbocycles. The number of carbonyl (C=O) groups is 1. The molecule has 5 heteroatoms. The Morgan fingerprint density at radius 1 is 1.50 bits per heavy atom. The van der Waals surface area contributed by atoms with Crippen LogP contribution in [0.4, 0.5) is 0 Å². The van der Waals surface area contributed by atoms with Crippen molar-refractivity contribution in [3.05, 3.63) is 30.1 Å². The number of nitrogens with one attached hydrogen (secondary N) is 1. The van der Waals surface area contributed by atoms with E-state index < -0.39 is 0 Å². The standard InChI is InChI=1S/C13H16N4O/c14-10-2-1-5-17(7-10)13(18)9-3-4-11-12(6-9)16-8-15-11/h3-4,6,8,10H,1-2,5,7,14H2,(H,15,16). The van der Waals surface area contributed by atoms with E-state index in [4.69, 9.17) is 5.73 Å². The van der Waals surface area contributed by atoms with E-state index in [0.717, 1.165) is 30.4 Å². The highest BCUT2D eigenvalue weighted by Gasteiger charge is 2.22. The first-order valence-corrected chi connectivity index (χ1v) is 6.22. The van der Waals surface area contributed by atoms with Gasteiger partial charge in [0, 0.05) is 24.7 Å². The molecule has 5 nitrogen and oxygen atoms in total. The van der Waals surface area contributed by atoms with Crippen molar-refractivity contribution < 1.29 is 4.79 Å². The van der Waals surface area contributed by atoms with Crippen molar-refractivity contribution >= 4 is 16.9 Å². The van der Waals surface area contributed by atoms with Crippen LogP contribution in [-0.2, 0) is 0 Å². The second-order valence-corrected chi connectivity index (χ2v) is 4.79. The number of nitrogens with zero attached hydrogens (tertiary/aromatic N) is 2. The molecule has 3 N–H and O–H groups in total. The number of aromatic nitrogens is 2. The van der Waals surface area contributed by atoms with Crippen LogP contribution < -0.4 is 5.73 Å². The van der Waals surface area contributed by atoms with Crippen LogP contribution in [0, 0.1) is 0 Å². The minimum absolute atomic E-state index is 0.0571. The molecule has 1 amide bonds. The second-order valence-electron chi connectivity index (χ2n) is 4.79. The first-order chi connectivity index (χ1) is 8.74. The summed E-state index contributed by atoms with van der Waals surface area (Å²) in [5.41, 5.74) is 8.37. The van der Waals surface area contributed by atoms with Crippen molar-refractivity contribution in [2.75, 3.05) is 13.1 Å². The molecule has 1 unspecified atom stereocenters. The van der Waals surface area contributed by atoms with Crippen molar-refractivity contribution in [3.8, 4) is 0 Å². The fourth-order valence-electron chi connectivity index (χ4n) is 2.45. The Kier molecular flexibility index (Phi) is 2.76. The minimum Gasteiger partial charge on any atom is -0.345 e. The van der Waals surface area contributed by atoms with E-state index in [1.165, 1.54) is 0 Å². The highest BCUT2D eigenvalue weighted by molar-refractivity contribution is 5.97. The maximum atomic E-state index is 12.3. The van der Waals surface area contributed by atoms with Crippen LogP contribution in [0.5, 0.6) is 0 Å². The number of imidazole rings is 1. The van der Waals surface area contributed by atoms with E-state index in [1.54, 1.807) is 6.33 Å². The predicted octanol–water partition coefficient (Wildman–Crippen LogP) is 1.13. The number of carbonyl (C=O) groups excluding carboxylic acids is 1. The molecule has 1 aliphatic heterocycles. The molecule has 1 aromatic carbocycles. The summed E-state index contributed by atoms with van der Waals surface area (Å²) in [4.78, 5) is 21.3. The Hall–Kier alpha value is -1.88. The monoisotopic (exact) mass is 244 g/mol. The molecule has 1 aromatic heterocycles. The van der Waals surface area contributed by atoms with Gasteiger partial charge in [0.15, 0.2) is 0 Å². The van der Waals surface area contributed by atoms with Crippen molar-refractivity contribution in [1.29, 1.82) is 0 Å². The van der Waals surface area contributed by atoms with Gasteiger partial charge in [-0.05, 0) is 31.0 Å². The van der Waals surface area contributed by atoms with Crippen LogP contribution >= 0.6 is 0 Å². The van der Waals surface area contributed by atoms with Gasteiger partial charge < -0.3 is 15.6 Å². The highest BCUT2D eigenvalue weighted by Crippen LogP contribution is 2.16. The van der Waals surface area contributed by atoms with Crippen LogP contribution in [0.15, 0.2) is 24.5 Å². The number of hydrogen-bond donors (Lipinski definition) is 2. The lowest BCUT2D eigenvalue weighted by atomic mass is 10.1. The van der Waals surface area contributed by atoms with Gasteiger partial charge in [0.05, 0.1) is 17.4 Å². The molecule has 1 aliphatic rings. The van der Waals surface area contributed by atoms with E-state index in [2.05, 4.69) is 9.97 Å². The van der Waals surface area contributed by atoms with Gasteiger partial charge in [-0.15, -0.1) is 0 Å². The summed E-state index contributed by atoms with van der Waals surface area (Å²) in [6, 6.07) is 5.65. The number of nitrogens with two attached hydrogens (primary N) is 1. The third kappa shape index (κ3) is 1.97.